The average Bonchev–Trinajstić information content (AvgIpc) is 2.21. The minimum absolute atomic E-state index is 0.119. The summed E-state index contributed by atoms with van der Waals surface area (Å²) in [5.74, 6) is -0.119. The number of rotatable bonds is 3. The molecule has 1 saturated heterocycles. The SMILES string of the molecule is CCCCN1C(=O)NC(C)(C)C1=O. The number of nitrogens with zero attached hydrogens (tertiary/aromatic N) is 1. The van der Waals surface area contributed by atoms with Crippen LogP contribution in [0.15, 0.2) is 0 Å². The highest BCUT2D eigenvalue weighted by Gasteiger charge is 2.43. The van der Waals surface area contributed by atoms with Gasteiger partial charge >= 0.3 is 6.03 Å². The molecule has 0 atom stereocenters. The summed E-state index contributed by atoms with van der Waals surface area (Å²) in [6.45, 7) is 6.01. The Morgan fingerprint density at radius 2 is 2.00 bits per heavy atom. The number of hydrogen-bond donors (Lipinski definition) is 1. The molecule has 3 amide bonds. The van der Waals surface area contributed by atoms with Crippen LogP contribution >= 0.6 is 0 Å². The second kappa shape index (κ2) is 3.36. The fourth-order valence-electron chi connectivity index (χ4n) is 1.34. The molecule has 1 aliphatic rings. The monoisotopic (exact) mass is 184 g/mol. The van der Waals surface area contributed by atoms with Crippen molar-refractivity contribution in [2.45, 2.75) is 39.2 Å². The van der Waals surface area contributed by atoms with Crippen LogP contribution in [0.25, 0.3) is 0 Å². The minimum Gasteiger partial charge on any atom is -0.324 e. The fourth-order valence-corrected chi connectivity index (χ4v) is 1.34. The summed E-state index contributed by atoms with van der Waals surface area (Å²) in [6, 6.07) is -0.261. The maximum absolute atomic E-state index is 11.6. The summed E-state index contributed by atoms with van der Waals surface area (Å²) in [4.78, 5) is 24.2. The van der Waals surface area contributed by atoms with E-state index in [1.54, 1.807) is 13.8 Å². The predicted octanol–water partition coefficient (Wildman–Crippen LogP) is 1.12. The van der Waals surface area contributed by atoms with E-state index in [9.17, 15) is 9.59 Å². The molecule has 13 heavy (non-hydrogen) atoms. The number of nitrogens with one attached hydrogen (secondary N) is 1. The van der Waals surface area contributed by atoms with Gasteiger partial charge in [-0.25, -0.2) is 4.79 Å². The van der Waals surface area contributed by atoms with Crippen LogP contribution in [0.5, 0.6) is 0 Å². The summed E-state index contributed by atoms with van der Waals surface area (Å²) >= 11 is 0. The molecule has 0 spiro atoms. The molecular weight excluding hydrogens is 168 g/mol. The summed E-state index contributed by atoms with van der Waals surface area (Å²) in [5.41, 5.74) is -0.717. The zero-order valence-electron chi connectivity index (χ0n) is 8.39. The highest BCUT2D eigenvalue weighted by atomic mass is 16.2. The van der Waals surface area contributed by atoms with Crippen molar-refractivity contribution in [1.29, 1.82) is 0 Å². The molecule has 1 fully saturated rings. The number of hydrogen-bond acceptors (Lipinski definition) is 2. The van der Waals surface area contributed by atoms with Crippen LogP contribution in [-0.4, -0.2) is 28.9 Å². The average molecular weight is 184 g/mol. The lowest BCUT2D eigenvalue weighted by molar-refractivity contribution is -0.130. The van der Waals surface area contributed by atoms with Gasteiger partial charge in [0.1, 0.15) is 5.54 Å². The van der Waals surface area contributed by atoms with Crippen LogP contribution < -0.4 is 5.32 Å². The number of carbonyl (C=O) groups is 2. The molecule has 4 nitrogen and oxygen atoms in total. The van der Waals surface area contributed by atoms with Crippen LogP contribution in [0.1, 0.15) is 33.6 Å². The van der Waals surface area contributed by atoms with E-state index in [2.05, 4.69) is 5.32 Å². The van der Waals surface area contributed by atoms with Gasteiger partial charge in [-0.1, -0.05) is 13.3 Å². The molecule has 1 rings (SSSR count). The van der Waals surface area contributed by atoms with Crippen LogP contribution in [0, 0.1) is 0 Å². The molecule has 74 valence electrons. The predicted molar refractivity (Wildman–Crippen MR) is 49.2 cm³/mol. The quantitative estimate of drug-likeness (QED) is 0.668. The first-order valence-corrected chi connectivity index (χ1v) is 4.63. The van der Waals surface area contributed by atoms with Crippen molar-refractivity contribution in [3.63, 3.8) is 0 Å². The smallest absolute Gasteiger partial charge is 0.324 e. The normalized spacial score (nSPS) is 20.7. The van der Waals surface area contributed by atoms with Gasteiger partial charge in [0.2, 0.25) is 0 Å². The third kappa shape index (κ3) is 1.82. The Kier molecular flexibility index (Phi) is 2.59. The lowest BCUT2D eigenvalue weighted by atomic mass is 10.1. The van der Waals surface area contributed by atoms with Gasteiger partial charge in [0, 0.05) is 6.54 Å². The minimum atomic E-state index is -0.717. The molecule has 0 aliphatic carbocycles. The van der Waals surface area contributed by atoms with Crippen molar-refractivity contribution in [2.75, 3.05) is 6.54 Å². The second-order valence-corrected chi connectivity index (χ2v) is 3.87. The van der Waals surface area contributed by atoms with Gasteiger partial charge in [0.15, 0.2) is 0 Å². The van der Waals surface area contributed by atoms with Crippen molar-refractivity contribution < 1.29 is 9.59 Å². The van der Waals surface area contributed by atoms with Gasteiger partial charge in [-0.05, 0) is 20.3 Å². The Morgan fingerprint density at radius 3 is 2.38 bits per heavy atom. The zero-order chi connectivity index (χ0) is 10.1. The first kappa shape index (κ1) is 10.0. The maximum Gasteiger partial charge on any atom is 0.325 e. The van der Waals surface area contributed by atoms with Gasteiger partial charge in [0.05, 0.1) is 0 Å². The summed E-state index contributed by atoms with van der Waals surface area (Å²) in [6.07, 6.45) is 1.85. The Labute approximate surface area is 78.3 Å². The maximum atomic E-state index is 11.6. The largest absolute Gasteiger partial charge is 0.325 e. The van der Waals surface area contributed by atoms with Crippen LogP contribution in [-0.2, 0) is 4.79 Å². The summed E-state index contributed by atoms with van der Waals surface area (Å²) in [5, 5.41) is 2.64. The van der Waals surface area contributed by atoms with E-state index in [4.69, 9.17) is 0 Å². The lowest BCUT2D eigenvalue weighted by Gasteiger charge is -2.15. The van der Waals surface area contributed by atoms with E-state index >= 15 is 0 Å². The molecular formula is C9H16N2O2. The van der Waals surface area contributed by atoms with E-state index in [-0.39, 0.29) is 11.9 Å². The molecule has 0 saturated carbocycles. The number of unbranched alkanes of at least 4 members (excludes halogenated alkanes) is 1. The van der Waals surface area contributed by atoms with Gasteiger partial charge in [-0.15, -0.1) is 0 Å². The topological polar surface area (TPSA) is 49.4 Å². The molecule has 4 heteroatoms. The molecule has 0 aromatic carbocycles. The van der Waals surface area contributed by atoms with Crippen molar-refractivity contribution in [2.24, 2.45) is 0 Å². The molecule has 1 aliphatic heterocycles. The first-order chi connectivity index (χ1) is 5.99. The molecule has 0 aromatic rings. The van der Waals surface area contributed by atoms with Gasteiger partial charge in [-0.3, -0.25) is 9.69 Å². The Morgan fingerprint density at radius 1 is 1.38 bits per heavy atom. The Balaban J connectivity index is 2.66. The number of imide groups is 1. The highest BCUT2D eigenvalue weighted by Crippen LogP contribution is 2.16. The lowest BCUT2D eigenvalue weighted by Crippen LogP contribution is -2.40. The van der Waals surface area contributed by atoms with Crippen LogP contribution in [0.3, 0.4) is 0 Å². The van der Waals surface area contributed by atoms with E-state index < -0.39 is 5.54 Å². The van der Waals surface area contributed by atoms with Gasteiger partial charge in [0.25, 0.3) is 5.91 Å². The molecule has 0 bridgehead atoms. The second-order valence-electron chi connectivity index (χ2n) is 3.87. The summed E-state index contributed by atoms with van der Waals surface area (Å²) < 4.78 is 0. The number of amides is 3. The van der Waals surface area contributed by atoms with E-state index in [0.717, 1.165) is 12.8 Å². The van der Waals surface area contributed by atoms with Crippen LogP contribution in [0.4, 0.5) is 4.79 Å². The number of urea groups is 1. The molecule has 0 unspecified atom stereocenters. The van der Waals surface area contributed by atoms with Gasteiger partial charge in [-0.2, -0.15) is 0 Å². The third-order valence-electron chi connectivity index (χ3n) is 2.18. The van der Waals surface area contributed by atoms with E-state index in [1.165, 1.54) is 4.90 Å². The molecule has 0 radical (unpaired) electrons. The standard InChI is InChI=1S/C9H16N2O2/c1-4-5-6-11-7(12)9(2,3)10-8(11)13/h4-6H2,1-3H3,(H,10,13). The summed E-state index contributed by atoms with van der Waals surface area (Å²) in [7, 11) is 0. The fraction of sp³-hybridized carbons (Fsp3) is 0.778. The first-order valence-electron chi connectivity index (χ1n) is 4.63. The van der Waals surface area contributed by atoms with E-state index in [1.807, 2.05) is 6.92 Å². The van der Waals surface area contributed by atoms with Crippen molar-refractivity contribution in [3.8, 4) is 0 Å². The van der Waals surface area contributed by atoms with E-state index in [0.29, 0.717) is 6.54 Å². The Bertz CT molecular complexity index is 236. The van der Waals surface area contributed by atoms with Crippen LogP contribution in [0.2, 0.25) is 0 Å². The molecule has 1 heterocycles. The number of carbonyl (C=O) groups excluding carboxylic acids is 2. The van der Waals surface area contributed by atoms with Crippen molar-refractivity contribution >= 4 is 11.9 Å². The molecule has 1 N–H and O–H groups in total. The Hall–Kier alpha value is -1.06. The van der Waals surface area contributed by atoms with Crippen molar-refractivity contribution in [1.82, 2.24) is 10.2 Å². The highest BCUT2D eigenvalue weighted by molar-refractivity contribution is 6.06. The third-order valence-corrected chi connectivity index (χ3v) is 2.18. The zero-order valence-corrected chi connectivity index (χ0v) is 8.39. The van der Waals surface area contributed by atoms with Crippen molar-refractivity contribution in [3.05, 3.63) is 0 Å². The van der Waals surface area contributed by atoms with Gasteiger partial charge < -0.3 is 5.32 Å². The molecule has 0 aromatic heterocycles.